The number of nitrogens with two attached hydrogens (primary N) is 1. The summed E-state index contributed by atoms with van der Waals surface area (Å²) in [6.07, 6.45) is 1.92. The lowest BCUT2D eigenvalue weighted by atomic mass is 9.82. The van der Waals surface area contributed by atoms with Crippen molar-refractivity contribution < 1.29 is 14.4 Å². The van der Waals surface area contributed by atoms with E-state index in [0.29, 0.717) is 18.7 Å². The van der Waals surface area contributed by atoms with Gasteiger partial charge in [0.1, 0.15) is 0 Å². The van der Waals surface area contributed by atoms with Gasteiger partial charge < -0.3 is 16.0 Å². The first-order chi connectivity index (χ1) is 17.3. The van der Waals surface area contributed by atoms with E-state index in [2.05, 4.69) is 11.9 Å². The van der Waals surface area contributed by atoms with Crippen LogP contribution in [0.1, 0.15) is 51.2 Å². The molecule has 3 N–H and O–H groups in total. The minimum Gasteiger partial charge on any atom is -0.369 e. The molecule has 0 spiro atoms. The molecule has 190 valence electrons. The number of primary amides is 1. The number of benzodiazepines with no additional fused rings is 1. The second-order valence-electron chi connectivity index (χ2n) is 9.53. The number of carbonyl (C=O) groups is 3. The van der Waals surface area contributed by atoms with Crippen molar-refractivity contribution in [2.45, 2.75) is 46.2 Å². The van der Waals surface area contributed by atoms with Gasteiger partial charge in [0.2, 0.25) is 18.0 Å². The summed E-state index contributed by atoms with van der Waals surface area (Å²) in [5, 5.41) is 2.87. The van der Waals surface area contributed by atoms with Crippen molar-refractivity contribution in [1.82, 2.24) is 5.32 Å². The van der Waals surface area contributed by atoms with Crippen molar-refractivity contribution in [2.75, 3.05) is 11.4 Å². The van der Waals surface area contributed by atoms with Gasteiger partial charge in [-0.3, -0.25) is 14.4 Å². The molecule has 0 radical (unpaired) electrons. The molecule has 0 aromatic heterocycles. The van der Waals surface area contributed by atoms with E-state index in [0.717, 1.165) is 23.2 Å². The summed E-state index contributed by atoms with van der Waals surface area (Å²) < 4.78 is 0. The number of aliphatic imine (C=N–C) groups is 1. The van der Waals surface area contributed by atoms with Crippen molar-refractivity contribution in [3.63, 3.8) is 0 Å². The summed E-state index contributed by atoms with van der Waals surface area (Å²) in [6.45, 7) is 10.2. The number of hydrogen-bond donors (Lipinski definition) is 2. The second kappa shape index (κ2) is 12.3. The molecule has 0 fully saturated rings. The Morgan fingerprint density at radius 2 is 1.78 bits per heavy atom. The Hall–Kier alpha value is -3.74. The van der Waals surface area contributed by atoms with E-state index in [1.807, 2.05) is 75.4 Å². The minimum atomic E-state index is -1.14. The fourth-order valence-electron chi connectivity index (χ4n) is 4.67. The predicted octanol–water partition coefficient (Wildman–Crippen LogP) is 4.06. The van der Waals surface area contributed by atoms with E-state index in [4.69, 9.17) is 10.7 Å². The van der Waals surface area contributed by atoms with Crippen LogP contribution >= 0.6 is 0 Å². The number of nitrogens with zero attached hydrogens (tertiary/aromatic N) is 2. The Morgan fingerprint density at radius 1 is 1.11 bits per heavy atom. The molecule has 1 aliphatic rings. The third-order valence-electron chi connectivity index (χ3n) is 6.32. The third kappa shape index (κ3) is 6.08. The van der Waals surface area contributed by atoms with Gasteiger partial charge in [-0.15, -0.1) is 6.58 Å². The highest BCUT2D eigenvalue weighted by Gasteiger charge is 2.37. The molecule has 0 aliphatic carbocycles. The molecule has 1 aliphatic heterocycles. The molecule has 0 unspecified atom stereocenters. The van der Waals surface area contributed by atoms with Crippen LogP contribution in [0.5, 0.6) is 0 Å². The van der Waals surface area contributed by atoms with Crippen molar-refractivity contribution in [1.29, 1.82) is 0 Å². The summed E-state index contributed by atoms with van der Waals surface area (Å²) in [4.78, 5) is 46.1. The number of amides is 3. The van der Waals surface area contributed by atoms with Crippen molar-refractivity contribution in [3.8, 4) is 0 Å². The molecule has 2 aromatic rings. The SMILES string of the molecule is C=CC[C@H](C(N)=O)[C@@H](CC(C)C)C(=O)N[C@H]1N=C(c2ccccc2)c2ccccc2N(CCC)C1=O. The monoisotopic (exact) mass is 488 g/mol. The summed E-state index contributed by atoms with van der Waals surface area (Å²) >= 11 is 0. The fraction of sp³-hybridized carbons (Fsp3) is 0.379. The third-order valence-corrected chi connectivity index (χ3v) is 6.32. The largest absolute Gasteiger partial charge is 0.369 e. The number of hydrogen-bond acceptors (Lipinski definition) is 4. The molecule has 3 atom stereocenters. The second-order valence-corrected chi connectivity index (χ2v) is 9.53. The molecule has 3 rings (SSSR count). The van der Waals surface area contributed by atoms with Gasteiger partial charge in [0, 0.05) is 17.7 Å². The highest BCUT2D eigenvalue weighted by Crippen LogP contribution is 2.29. The first-order valence-corrected chi connectivity index (χ1v) is 12.5. The normalized spacial score (nSPS) is 17.0. The highest BCUT2D eigenvalue weighted by molar-refractivity contribution is 6.20. The fourth-order valence-corrected chi connectivity index (χ4v) is 4.67. The standard InChI is InChI=1S/C29H36N4O3/c1-5-12-21(26(30)34)23(18-19(3)4)28(35)32-27-29(36)33(17-6-2)24-16-11-10-15-22(24)25(31-27)20-13-8-7-9-14-20/h5,7-11,13-16,19,21,23,27H,1,6,12,17-18H2,2-4H3,(H2,30,34)(H,32,35)/t21-,23+,27+/m0/s1. The van der Waals surface area contributed by atoms with Crippen molar-refractivity contribution >= 4 is 29.1 Å². The first kappa shape index (κ1) is 26.9. The molecule has 3 amide bonds. The van der Waals surface area contributed by atoms with Gasteiger partial charge in [0.05, 0.1) is 23.2 Å². The highest BCUT2D eigenvalue weighted by atomic mass is 16.2. The Morgan fingerprint density at radius 3 is 2.39 bits per heavy atom. The molecule has 0 bridgehead atoms. The zero-order valence-corrected chi connectivity index (χ0v) is 21.3. The van der Waals surface area contributed by atoms with E-state index in [1.165, 1.54) is 0 Å². The molecular formula is C29H36N4O3. The van der Waals surface area contributed by atoms with Crippen LogP contribution in [-0.2, 0) is 14.4 Å². The maximum Gasteiger partial charge on any atom is 0.272 e. The number of carbonyl (C=O) groups excluding carboxylic acids is 3. The van der Waals surface area contributed by atoms with Gasteiger partial charge in [-0.2, -0.15) is 0 Å². The number of allylic oxidation sites excluding steroid dienone is 1. The van der Waals surface area contributed by atoms with E-state index >= 15 is 0 Å². The number of rotatable bonds is 11. The molecule has 2 aromatic carbocycles. The van der Waals surface area contributed by atoms with Gasteiger partial charge in [0.25, 0.3) is 5.91 Å². The summed E-state index contributed by atoms with van der Waals surface area (Å²) in [5.41, 5.74) is 8.72. The van der Waals surface area contributed by atoms with Crippen molar-refractivity contribution in [2.24, 2.45) is 28.5 Å². The zero-order chi connectivity index (χ0) is 26.2. The zero-order valence-electron chi connectivity index (χ0n) is 21.3. The van der Waals surface area contributed by atoms with Crippen LogP contribution in [0.3, 0.4) is 0 Å². The summed E-state index contributed by atoms with van der Waals surface area (Å²) in [5.74, 6) is -2.56. The lowest BCUT2D eigenvalue weighted by Crippen LogP contribution is -2.51. The molecule has 0 saturated carbocycles. The minimum absolute atomic E-state index is 0.140. The number of benzene rings is 2. The summed E-state index contributed by atoms with van der Waals surface area (Å²) in [6, 6.07) is 17.3. The van der Waals surface area contributed by atoms with Crippen LogP contribution in [0.25, 0.3) is 0 Å². The molecule has 7 heteroatoms. The van der Waals surface area contributed by atoms with Crippen LogP contribution < -0.4 is 16.0 Å². The van der Waals surface area contributed by atoms with E-state index in [9.17, 15) is 14.4 Å². The molecule has 0 saturated heterocycles. The summed E-state index contributed by atoms with van der Waals surface area (Å²) in [7, 11) is 0. The van der Waals surface area contributed by atoms with E-state index in [-0.39, 0.29) is 18.2 Å². The van der Waals surface area contributed by atoms with Crippen LogP contribution in [0.2, 0.25) is 0 Å². The van der Waals surface area contributed by atoms with Gasteiger partial charge in [-0.25, -0.2) is 4.99 Å². The van der Waals surface area contributed by atoms with E-state index in [1.54, 1.807) is 11.0 Å². The lowest BCUT2D eigenvalue weighted by molar-refractivity contribution is -0.135. The maximum atomic E-state index is 13.8. The maximum absolute atomic E-state index is 13.8. The number of para-hydroxylation sites is 1. The number of nitrogens with one attached hydrogen (secondary N) is 1. The number of anilines is 1. The smallest absolute Gasteiger partial charge is 0.272 e. The molecule has 7 nitrogen and oxygen atoms in total. The van der Waals surface area contributed by atoms with Crippen molar-refractivity contribution in [3.05, 3.63) is 78.4 Å². The Kier molecular flexibility index (Phi) is 9.17. The lowest BCUT2D eigenvalue weighted by Gasteiger charge is -2.28. The molecule has 1 heterocycles. The predicted molar refractivity (Wildman–Crippen MR) is 144 cm³/mol. The molecular weight excluding hydrogens is 452 g/mol. The van der Waals surface area contributed by atoms with E-state index < -0.39 is 29.8 Å². The quantitative estimate of drug-likeness (QED) is 0.466. The van der Waals surface area contributed by atoms with Gasteiger partial charge in [0.15, 0.2) is 0 Å². The Labute approximate surface area is 213 Å². The Bertz CT molecular complexity index is 1130. The first-order valence-electron chi connectivity index (χ1n) is 12.5. The van der Waals surface area contributed by atoms with Crippen LogP contribution in [0, 0.1) is 17.8 Å². The molecule has 36 heavy (non-hydrogen) atoms. The van der Waals surface area contributed by atoms with Crippen LogP contribution in [0.15, 0.2) is 72.2 Å². The Balaban J connectivity index is 2.08. The average molecular weight is 489 g/mol. The van der Waals surface area contributed by atoms with Crippen LogP contribution in [-0.4, -0.2) is 36.1 Å². The average Bonchev–Trinajstić information content (AvgIpc) is 2.97. The number of fused-ring (bicyclic) bond motifs is 1. The topological polar surface area (TPSA) is 105 Å². The van der Waals surface area contributed by atoms with Gasteiger partial charge in [-0.05, 0) is 31.2 Å². The van der Waals surface area contributed by atoms with Gasteiger partial charge >= 0.3 is 0 Å². The van der Waals surface area contributed by atoms with Gasteiger partial charge in [-0.1, -0.05) is 75.4 Å². The van der Waals surface area contributed by atoms with Crippen LogP contribution in [0.4, 0.5) is 5.69 Å².